The fourth-order valence-electron chi connectivity index (χ4n) is 2.79. The van der Waals surface area contributed by atoms with Crippen molar-refractivity contribution in [1.29, 1.82) is 0 Å². The first-order valence-electron chi connectivity index (χ1n) is 7.85. The predicted octanol–water partition coefficient (Wildman–Crippen LogP) is 4.86. The molecule has 1 unspecified atom stereocenters. The molecule has 3 aromatic rings. The topological polar surface area (TPSA) is 42.4 Å². The first kappa shape index (κ1) is 17.9. The molecule has 1 aromatic heterocycles. The molecule has 0 aliphatic rings. The summed E-state index contributed by atoms with van der Waals surface area (Å²) in [6.07, 6.45) is -4.55. The molecule has 0 spiro atoms. The van der Waals surface area contributed by atoms with Crippen LogP contribution in [0.25, 0.3) is 11.1 Å². The summed E-state index contributed by atoms with van der Waals surface area (Å²) in [5.41, 5.74) is 0.542. The van der Waals surface area contributed by atoms with Gasteiger partial charge in [-0.3, -0.25) is 0 Å². The molecule has 6 heteroatoms. The van der Waals surface area contributed by atoms with Crippen LogP contribution < -0.4 is 4.74 Å². The van der Waals surface area contributed by atoms with E-state index < -0.39 is 17.8 Å². The molecule has 2 aromatic carbocycles. The molecule has 0 saturated carbocycles. The number of methoxy groups -OCH3 is 1. The largest absolute Gasteiger partial charge is 0.481 e. The van der Waals surface area contributed by atoms with Crippen LogP contribution >= 0.6 is 0 Å². The third kappa shape index (κ3) is 3.55. The van der Waals surface area contributed by atoms with Crippen LogP contribution in [0.2, 0.25) is 0 Å². The Morgan fingerprint density at radius 1 is 0.923 bits per heavy atom. The van der Waals surface area contributed by atoms with Gasteiger partial charge in [0.15, 0.2) is 0 Å². The molecule has 0 aliphatic heterocycles. The van der Waals surface area contributed by atoms with Crippen LogP contribution in [0.1, 0.15) is 22.8 Å². The van der Waals surface area contributed by atoms with Crippen LogP contribution in [0, 0.1) is 0 Å². The third-order valence-corrected chi connectivity index (χ3v) is 4.03. The molecule has 26 heavy (non-hydrogen) atoms. The van der Waals surface area contributed by atoms with Crippen molar-refractivity contribution in [1.82, 2.24) is 4.98 Å². The molecule has 0 fully saturated rings. The molecule has 1 heterocycles. The van der Waals surface area contributed by atoms with Crippen molar-refractivity contribution in [2.75, 3.05) is 7.11 Å². The van der Waals surface area contributed by atoms with Gasteiger partial charge in [0, 0.05) is 17.3 Å². The smallest absolute Gasteiger partial charge is 0.416 e. The summed E-state index contributed by atoms with van der Waals surface area (Å²) >= 11 is 0. The Labute approximate surface area is 148 Å². The first-order chi connectivity index (χ1) is 12.4. The first-order valence-corrected chi connectivity index (χ1v) is 7.85. The highest BCUT2D eigenvalue weighted by Gasteiger charge is 2.35. The molecule has 3 nitrogen and oxygen atoms in total. The van der Waals surface area contributed by atoms with Gasteiger partial charge in [-0.05, 0) is 23.3 Å². The summed E-state index contributed by atoms with van der Waals surface area (Å²) in [5.74, 6) is 0.0779. The molecular formula is C20H16F3NO2. The minimum Gasteiger partial charge on any atom is -0.481 e. The van der Waals surface area contributed by atoms with Gasteiger partial charge in [0.05, 0.1) is 12.7 Å². The van der Waals surface area contributed by atoms with E-state index in [0.29, 0.717) is 5.56 Å². The number of aliphatic hydroxyl groups is 1. The van der Waals surface area contributed by atoms with E-state index in [-0.39, 0.29) is 17.0 Å². The van der Waals surface area contributed by atoms with E-state index in [0.717, 1.165) is 11.6 Å². The van der Waals surface area contributed by atoms with Crippen molar-refractivity contribution in [2.45, 2.75) is 12.3 Å². The summed E-state index contributed by atoms with van der Waals surface area (Å²) in [6.45, 7) is 0. The van der Waals surface area contributed by atoms with Crippen molar-refractivity contribution < 1.29 is 23.0 Å². The van der Waals surface area contributed by atoms with Crippen molar-refractivity contribution in [2.24, 2.45) is 0 Å². The lowest BCUT2D eigenvalue weighted by atomic mass is 9.95. The number of pyridine rings is 1. The van der Waals surface area contributed by atoms with Crippen LogP contribution in [-0.2, 0) is 6.18 Å². The molecule has 0 aliphatic carbocycles. The molecule has 1 N–H and O–H groups in total. The summed E-state index contributed by atoms with van der Waals surface area (Å²) in [4.78, 5) is 4.15. The molecule has 0 bridgehead atoms. The van der Waals surface area contributed by atoms with Crippen molar-refractivity contribution >= 4 is 0 Å². The number of hydrogen-bond donors (Lipinski definition) is 1. The van der Waals surface area contributed by atoms with E-state index in [1.54, 1.807) is 12.3 Å². The Bertz CT molecular complexity index is 895. The Kier molecular flexibility index (Phi) is 4.95. The highest BCUT2D eigenvalue weighted by atomic mass is 19.4. The average Bonchev–Trinajstić information content (AvgIpc) is 2.67. The summed E-state index contributed by atoms with van der Waals surface area (Å²) in [6, 6.07) is 15.8. The second-order valence-electron chi connectivity index (χ2n) is 5.68. The van der Waals surface area contributed by atoms with Gasteiger partial charge in [0.1, 0.15) is 6.10 Å². The van der Waals surface area contributed by atoms with Crippen LogP contribution in [0.3, 0.4) is 0 Å². The maximum absolute atomic E-state index is 13.3. The fraction of sp³-hybridized carbons (Fsp3) is 0.150. The highest BCUT2D eigenvalue weighted by Crippen LogP contribution is 2.39. The van der Waals surface area contributed by atoms with E-state index in [2.05, 4.69) is 4.98 Å². The molecule has 0 radical (unpaired) electrons. The van der Waals surface area contributed by atoms with E-state index in [4.69, 9.17) is 4.74 Å². The predicted molar refractivity (Wildman–Crippen MR) is 91.7 cm³/mol. The SMILES string of the molecule is COc1ncc(-c2ccccc2)cc1C(O)c1ccccc1C(F)(F)F. The van der Waals surface area contributed by atoms with Gasteiger partial charge in [-0.15, -0.1) is 0 Å². The van der Waals surface area contributed by atoms with Gasteiger partial charge < -0.3 is 9.84 Å². The van der Waals surface area contributed by atoms with Gasteiger partial charge >= 0.3 is 6.18 Å². The van der Waals surface area contributed by atoms with Crippen LogP contribution in [-0.4, -0.2) is 17.2 Å². The lowest BCUT2D eigenvalue weighted by Gasteiger charge is -2.19. The molecule has 134 valence electrons. The molecule has 1 atom stereocenters. The Morgan fingerprint density at radius 3 is 2.23 bits per heavy atom. The number of aromatic nitrogens is 1. The zero-order valence-corrected chi connectivity index (χ0v) is 13.9. The van der Waals surface area contributed by atoms with Crippen LogP contribution in [0.15, 0.2) is 66.9 Å². The lowest BCUT2D eigenvalue weighted by molar-refractivity contribution is -0.139. The quantitative estimate of drug-likeness (QED) is 0.724. The summed E-state index contributed by atoms with van der Waals surface area (Å²) < 4.78 is 45.0. The average molecular weight is 359 g/mol. The Hall–Kier alpha value is -2.86. The summed E-state index contributed by atoms with van der Waals surface area (Å²) in [7, 11) is 1.36. The number of rotatable bonds is 4. The minimum absolute atomic E-state index is 0.0779. The monoisotopic (exact) mass is 359 g/mol. The second-order valence-corrected chi connectivity index (χ2v) is 5.68. The van der Waals surface area contributed by atoms with Gasteiger partial charge in [-0.2, -0.15) is 13.2 Å². The van der Waals surface area contributed by atoms with Crippen molar-refractivity contribution in [3.05, 3.63) is 83.6 Å². The van der Waals surface area contributed by atoms with E-state index in [9.17, 15) is 18.3 Å². The normalized spacial score (nSPS) is 12.7. The highest BCUT2D eigenvalue weighted by molar-refractivity contribution is 5.64. The van der Waals surface area contributed by atoms with E-state index in [1.165, 1.54) is 25.3 Å². The van der Waals surface area contributed by atoms with Gasteiger partial charge in [-0.25, -0.2) is 4.98 Å². The van der Waals surface area contributed by atoms with Gasteiger partial charge in [0.25, 0.3) is 0 Å². The molecular weight excluding hydrogens is 343 g/mol. The number of nitrogens with zero attached hydrogens (tertiary/aromatic N) is 1. The van der Waals surface area contributed by atoms with E-state index >= 15 is 0 Å². The third-order valence-electron chi connectivity index (χ3n) is 4.03. The second kappa shape index (κ2) is 7.17. The Morgan fingerprint density at radius 2 is 1.58 bits per heavy atom. The maximum atomic E-state index is 13.3. The maximum Gasteiger partial charge on any atom is 0.416 e. The zero-order valence-electron chi connectivity index (χ0n) is 13.9. The number of hydrogen-bond acceptors (Lipinski definition) is 3. The number of benzene rings is 2. The fourth-order valence-corrected chi connectivity index (χ4v) is 2.79. The minimum atomic E-state index is -4.57. The zero-order chi connectivity index (χ0) is 18.7. The van der Waals surface area contributed by atoms with Gasteiger partial charge in [0.2, 0.25) is 5.88 Å². The van der Waals surface area contributed by atoms with Crippen LogP contribution in [0.5, 0.6) is 5.88 Å². The van der Waals surface area contributed by atoms with Crippen molar-refractivity contribution in [3.8, 4) is 17.0 Å². The number of aliphatic hydroxyl groups excluding tert-OH is 1. The number of ether oxygens (including phenoxy) is 1. The Balaban J connectivity index is 2.11. The summed E-state index contributed by atoms with van der Waals surface area (Å²) in [5, 5.41) is 10.7. The molecule has 3 rings (SSSR count). The number of halogens is 3. The molecule has 0 amide bonds. The van der Waals surface area contributed by atoms with Gasteiger partial charge in [-0.1, -0.05) is 48.5 Å². The van der Waals surface area contributed by atoms with E-state index in [1.807, 2.05) is 30.3 Å². The molecule has 0 saturated heterocycles. The lowest BCUT2D eigenvalue weighted by Crippen LogP contribution is -2.13. The standard InChI is InChI=1S/C20H16F3NO2/c1-26-19-16(11-14(12-24-19)13-7-3-2-4-8-13)18(25)15-9-5-6-10-17(15)20(21,22)23/h2-12,18,25H,1H3. The van der Waals surface area contributed by atoms with Crippen molar-refractivity contribution in [3.63, 3.8) is 0 Å². The van der Waals surface area contributed by atoms with Crippen LogP contribution in [0.4, 0.5) is 13.2 Å². The number of alkyl halides is 3.